The highest BCUT2D eigenvalue weighted by Gasteiger charge is 2.34. The van der Waals surface area contributed by atoms with Gasteiger partial charge in [0.15, 0.2) is 0 Å². The van der Waals surface area contributed by atoms with Crippen LogP contribution >= 0.6 is 23.4 Å². The lowest BCUT2D eigenvalue weighted by atomic mass is 10.0. The van der Waals surface area contributed by atoms with Crippen LogP contribution < -0.4 is 10.2 Å². The lowest BCUT2D eigenvalue weighted by Gasteiger charge is -2.30. The molecule has 0 spiro atoms. The van der Waals surface area contributed by atoms with Gasteiger partial charge < -0.3 is 10.2 Å². The number of imide groups is 1. The van der Waals surface area contributed by atoms with E-state index in [9.17, 15) is 14.4 Å². The summed E-state index contributed by atoms with van der Waals surface area (Å²) >= 11 is 7.02. The molecule has 2 aromatic carbocycles. The molecule has 0 atom stereocenters. The number of nitrogens with one attached hydrogen (secondary N) is 1. The molecule has 1 saturated heterocycles. The Morgan fingerprint density at radius 1 is 1.13 bits per heavy atom. The van der Waals surface area contributed by atoms with Crippen molar-refractivity contribution in [3.63, 3.8) is 0 Å². The molecule has 2 heterocycles. The zero-order valence-corrected chi connectivity index (χ0v) is 18.4. The monoisotopic (exact) mass is 455 g/mol. The van der Waals surface area contributed by atoms with Crippen LogP contribution in [0.1, 0.15) is 17.5 Å². The van der Waals surface area contributed by atoms with E-state index >= 15 is 0 Å². The van der Waals surface area contributed by atoms with Crippen LogP contribution in [0.25, 0.3) is 6.08 Å². The number of carbonyl (C=O) groups excluding carboxylic acids is 3. The Hall–Kier alpha value is -2.77. The van der Waals surface area contributed by atoms with Crippen molar-refractivity contribution in [2.24, 2.45) is 0 Å². The maximum Gasteiger partial charge on any atom is 0.293 e. The molecule has 0 aliphatic carbocycles. The highest BCUT2D eigenvalue weighted by atomic mass is 35.5. The molecule has 1 fully saturated rings. The van der Waals surface area contributed by atoms with Crippen LogP contribution in [0.3, 0.4) is 0 Å². The highest BCUT2D eigenvalue weighted by Crippen LogP contribution is 2.33. The second-order valence-corrected chi connectivity index (χ2v) is 8.76. The van der Waals surface area contributed by atoms with Gasteiger partial charge in [0.2, 0.25) is 5.91 Å². The number of hydrogen-bond donors (Lipinski definition) is 1. The highest BCUT2D eigenvalue weighted by molar-refractivity contribution is 8.18. The summed E-state index contributed by atoms with van der Waals surface area (Å²) in [4.78, 5) is 40.9. The first-order valence-electron chi connectivity index (χ1n) is 10.1. The molecule has 2 aliphatic heterocycles. The van der Waals surface area contributed by atoms with Gasteiger partial charge in [-0.05, 0) is 53.9 Å². The lowest BCUT2D eigenvalue weighted by Crippen LogP contribution is -2.43. The van der Waals surface area contributed by atoms with Crippen LogP contribution in [0.15, 0.2) is 53.4 Å². The largest absolute Gasteiger partial charge is 0.362 e. The summed E-state index contributed by atoms with van der Waals surface area (Å²) in [6.45, 7) is 1.43. The molecule has 8 heteroatoms. The number of fused-ring (bicyclic) bond motifs is 1. The van der Waals surface area contributed by atoms with Gasteiger partial charge in [0.05, 0.1) is 11.4 Å². The van der Waals surface area contributed by atoms with Crippen LogP contribution in [-0.4, -0.2) is 48.1 Å². The van der Waals surface area contributed by atoms with Crippen molar-refractivity contribution in [3.05, 3.63) is 69.6 Å². The molecular formula is C23H22ClN3O3S. The molecule has 2 aliphatic rings. The summed E-state index contributed by atoms with van der Waals surface area (Å²) in [7, 11) is 0. The fourth-order valence-corrected chi connectivity index (χ4v) is 4.78. The standard InChI is InChI=1S/C23H22ClN3O3S/c24-18-9-3-1-7-17(18)14-20-22(29)27(23(30)31-20)13-11-25-21(28)15-26-12-5-8-16-6-2-4-10-19(16)26/h1-4,6-7,9-10,14H,5,8,11-13,15H2,(H,25,28)/b20-14+. The second-order valence-electron chi connectivity index (χ2n) is 7.36. The van der Waals surface area contributed by atoms with Gasteiger partial charge in [-0.3, -0.25) is 19.3 Å². The molecule has 31 heavy (non-hydrogen) atoms. The van der Waals surface area contributed by atoms with Crippen molar-refractivity contribution in [2.45, 2.75) is 12.8 Å². The normalized spacial score (nSPS) is 17.3. The first-order valence-corrected chi connectivity index (χ1v) is 11.3. The first kappa shape index (κ1) is 21.5. The van der Waals surface area contributed by atoms with Crippen LogP contribution in [0, 0.1) is 0 Å². The van der Waals surface area contributed by atoms with E-state index in [1.807, 2.05) is 24.3 Å². The van der Waals surface area contributed by atoms with Gasteiger partial charge in [-0.15, -0.1) is 0 Å². The van der Waals surface area contributed by atoms with Crippen molar-refractivity contribution in [1.82, 2.24) is 10.2 Å². The molecular weight excluding hydrogens is 434 g/mol. The number of hydrogen-bond acceptors (Lipinski definition) is 5. The van der Waals surface area contributed by atoms with Gasteiger partial charge >= 0.3 is 0 Å². The van der Waals surface area contributed by atoms with Gasteiger partial charge in [-0.1, -0.05) is 48.0 Å². The third-order valence-electron chi connectivity index (χ3n) is 5.26. The summed E-state index contributed by atoms with van der Waals surface area (Å²) in [5.41, 5.74) is 3.04. The molecule has 3 amide bonds. The van der Waals surface area contributed by atoms with Gasteiger partial charge in [-0.25, -0.2) is 0 Å². The summed E-state index contributed by atoms with van der Waals surface area (Å²) in [6.07, 6.45) is 3.66. The number of nitrogens with zero attached hydrogens (tertiary/aromatic N) is 2. The summed E-state index contributed by atoms with van der Waals surface area (Å²) in [6, 6.07) is 15.3. The van der Waals surface area contributed by atoms with Crippen molar-refractivity contribution in [3.8, 4) is 0 Å². The number of thioether (sulfide) groups is 1. The molecule has 6 nitrogen and oxygen atoms in total. The number of halogens is 1. The second kappa shape index (κ2) is 9.58. The Bertz CT molecular complexity index is 1060. The lowest BCUT2D eigenvalue weighted by molar-refractivity contribution is -0.124. The van der Waals surface area contributed by atoms with Crippen molar-refractivity contribution in [2.75, 3.05) is 31.1 Å². The molecule has 0 bridgehead atoms. The fourth-order valence-electron chi connectivity index (χ4n) is 3.74. The third kappa shape index (κ3) is 4.94. The van der Waals surface area contributed by atoms with E-state index in [0.717, 1.165) is 41.7 Å². The Kier molecular flexibility index (Phi) is 6.63. The van der Waals surface area contributed by atoms with Crippen LogP contribution in [0.4, 0.5) is 10.5 Å². The molecule has 0 radical (unpaired) electrons. The molecule has 160 valence electrons. The van der Waals surface area contributed by atoms with Crippen LogP contribution in [0.2, 0.25) is 5.02 Å². The number of rotatable bonds is 6. The van der Waals surface area contributed by atoms with E-state index in [-0.39, 0.29) is 36.7 Å². The molecule has 2 aromatic rings. The number of aryl methyl sites for hydroxylation is 1. The molecule has 4 rings (SSSR count). The summed E-state index contributed by atoms with van der Waals surface area (Å²) in [5.74, 6) is -0.496. The smallest absolute Gasteiger partial charge is 0.293 e. The minimum Gasteiger partial charge on any atom is -0.362 e. The fraction of sp³-hybridized carbons (Fsp3) is 0.261. The van der Waals surface area contributed by atoms with Gasteiger partial charge in [0.1, 0.15) is 0 Å². The zero-order chi connectivity index (χ0) is 21.8. The van der Waals surface area contributed by atoms with Crippen LogP contribution in [0.5, 0.6) is 0 Å². The summed E-state index contributed by atoms with van der Waals surface area (Å²) < 4.78 is 0. The van der Waals surface area contributed by atoms with Crippen molar-refractivity contribution < 1.29 is 14.4 Å². The Morgan fingerprint density at radius 3 is 2.74 bits per heavy atom. The van der Waals surface area contributed by atoms with Crippen LogP contribution in [-0.2, 0) is 16.0 Å². The number of anilines is 1. The predicted octanol–water partition coefficient (Wildman–Crippen LogP) is 3.95. The topological polar surface area (TPSA) is 69.7 Å². The van der Waals surface area contributed by atoms with Gasteiger partial charge in [0, 0.05) is 30.3 Å². The maximum atomic E-state index is 12.6. The zero-order valence-electron chi connectivity index (χ0n) is 16.8. The average Bonchev–Trinajstić information content (AvgIpc) is 3.03. The Balaban J connectivity index is 1.31. The molecule has 0 unspecified atom stereocenters. The van der Waals surface area contributed by atoms with Crippen molar-refractivity contribution >= 4 is 52.2 Å². The first-order chi connectivity index (χ1) is 15.0. The van der Waals surface area contributed by atoms with E-state index in [2.05, 4.69) is 16.3 Å². The van der Waals surface area contributed by atoms with Gasteiger partial charge in [-0.2, -0.15) is 0 Å². The number of benzene rings is 2. The van der Waals surface area contributed by atoms with E-state index in [4.69, 9.17) is 11.6 Å². The number of amides is 3. The quantitative estimate of drug-likeness (QED) is 0.668. The molecule has 1 N–H and O–H groups in total. The predicted molar refractivity (Wildman–Crippen MR) is 124 cm³/mol. The minimum atomic E-state index is -0.367. The number of carbonyl (C=O) groups is 3. The maximum absolute atomic E-state index is 12.6. The molecule has 0 saturated carbocycles. The Morgan fingerprint density at radius 2 is 1.90 bits per heavy atom. The van der Waals surface area contributed by atoms with E-state index in [0.29, 0.717) is 15.5 Å². The average molecular weight is 456 g/mol. The number of para-hydroxylation sites is 1. The van der Waals surface area contributed by atoms with E-state index in [1.165, 1.54) is 5.56 Å². The van der Waals surface area contributed by atoms with Gasteiger partial charge in [0.25, 0.3) is 11.1 Å². The minimum absolute atomic E-state index is 0.129. The van der Waals surface area contributed by atoms with E-state index in [1.54, 1.807) is 24.3 Å². The SMILES string of the molecule is O=C(CN1CCCc2ccccc21)NCCN1C(=O)S/C(=C/c2ccccc2Cl)C1=O. The Labute approximate surface area is 190 Å². The third-order valence-corrected chi connectivity index (χ3v) is 6.52. The molecule has 0 aromatic heterocycles. The van der Waals surface area contributed by atoms with Crippen molar-refractivity contribution in [1.29, 1.82) is 0 Å². The van der Waals surface area contributed by atoms with E-state index < -0.39 is 0 Å². The summed E-state index contributed by atoms with van der Waals surface area (Å²) in [5, 5.41) is 3.00.